The molecule has 2 nitrogen and oxygen atoms in total. The molecule has 1 amide bonds. The second kappa shape index (κ2) is 3.45. The summed E-state index contributed by atoms with van der Waals surface area (Å²) in [5.74, 6) is -3.10. The minimum atomic E-state index is -2.72. The van der Waals surface area contributed by atoms with Crippen molar-refractivity contribution in [2.75, 3.05) is 13.1 Å². The van der Waals surface area contributed by atoms with E-state index < -0.39 is 19.0 Å². The van der Waals surface area contributed by atoms with Gasteiger partial charge in [0.25, 0.3) is 11.8 Å². The third-order valence-electron chi connectivity index (χ3n) is 2.22. The topological polar surface area (TPSA) is 20.3 Å². The van der Waals surface area contributed by atoms with E-state index in [1.165, 1.54) is 12.1 Å². The fraction of sp³-hybridized carbons (Fsp3) is 0.300. The number of rotatable bonds is 1. The largest absolute Gasteiger partial charge is 0.326 e. The molecule has 1 aliphatic heterocycles. The Morgan fingerprint density at radius 2 is 1.80 bits per heavy atom. The number of carbonyl (C=O) groups excluding carboxylic acids is 1. The molecule has 2 rings (SSSR count). The van der Waals surface area contributed by atoms with E-state index in [2.05, 4.69) is 0 Å². The molecule has 0 bridgehead atoms. The first-order chi connectivity index (χ1) is 6.98. The van der Waals surface area contributed by atoms with Crippen LogP contribution >= 0.6 is 11.6 Å². The fourth-order valence-electron chi connectivity index (χ4n) is 1.43. The molecular formula is C10H8ClF2NO. The molecule has 0 atom stereocenters. The number of amides is 1. The molecule has 0 aromatic heterocycles. The number of hydrogen-bond donors (Lipinski definition) is 0. The molecule has 0 spiro atoms. The van der Waals surface area contributed by atoms with Gasteiger partial charge in [0.15, 0.2) is 0 Å². The van der Waals surface area contributed by atoms with E-state index >= 15 is 0 Å². The predicted octanol–water partition coefficient (Wildman–Crippen LogP) is 2.43. The van der Waals surface area contributed by atoms with Gasteiger partial charge in [-0.05, 0) is 24.3 Å². The van der Waals surface area contributed by atoms with Crippen molar-refractivity contribution in [3.63, 3.8) is 0 Å². The smallest absolute Gasteiger partial charge is 0.282 e. The van der Waals surface area contributed by atoms with E-state index in [4.69, 9.17) is 11.6 Å². The van der Waals surface area contributed by atoms with Crippen LogP contribution in [0.15, 0.2) is 24.3 Å². The summed E-state index contributed by atoms with van der Waals surface area (Å²) in [5, 5.41) is 0.514. The highest BCUT2D eigenvalue weighted by atomic mass is 35.5. The monoisotopic (exact) mass is 231 g/mol. The van der Waals surface area contributed by atoms with Crippen LogP contribution in [0, 0.1) is 0 Å². The van der Waals surface area contributed by atoms with Gasteiger partial charge in [-0.3, -0.25) is 4.79 Å². The van der Waals surface area contributed by atoms with Gasteiger partial charge in [0.2, 0.25) is 0 Å². The second-order valence-corrected chi connectivity index (χ2v) is 3.96. The highest BCUT2D eigenvalue weighted by molar-refractivity contribution is 6.30. The molecule has 0 aliphatic carbocycles. The van der Waals surface area contributed by atoms with Crippen molar-refractivity contribution >= 4 is 17.5 Å². The SMILES string of the molecule is O=C(c1ccc(Cl)cc1)N1CC(F)(F)C1. The maximum absolute atomic E-state index is 12.5. The predicted molar refractivity (Wildman–Crippen MR) is 52.3 cm³/mol. The normalized spacial score (nSPS) is 18.5. The molecule has 1 aliphatic rings. The summed E-state index contributed by atoms with van der Waals surface area (Å²) in [5.41, 5.74) is 0.384. The number of halogens is 3. The molecular weight excluding hydrogens is 224 g/mol. The Hall–Kier alpha value is -1.16. The molecule has 80 valence electrons. The first-order valence-corrected chi connectivity index (χ1v) is 4.78. The number of carbonyl (C=O) groups is 1. The summed E-state index contributed by atoms with van der Waals surface area (Å²) >= 11 is 5.64. The van der Waals surface area contributed by atoms with E-state index in [1.54, 1.807) is 12.1 Å². The van der Waals surface area contributed by atoms with Gasteiger partial charge < -0.3 is 4.90 Å². The lowest BCUT2D eigenvalue weighted by molar-refractivity contribution is -0.113. The van der Waals surface area contributed by atoms with Crippen molar-refractivity contribution in [1.29, 1.82) is 0 Å². The summed E-state index contributed by atoms with van der Waals surface area (Å²) in [6, 6.07) is 6.18. The maximum atomic E-state index is 12.5. The van der Waals surface area contributed by atoms with Crippen LogP contribution in [0.2, 0.25) is 5.02 Å². The summed E-state index contributed by atoms with van der Waals surface area (Å²) in [6.07, 6.45) is 0. The van der Waals surface area contributed by atoms with Crippen LogP contribution in [-0.4, -0.2) is 29.8 Å². The van der Waals surface area contributed by atoms with Gasteiger partial charge in [-0.1, -0.05) is 11.6 Å². The maximum Gasteiger partial charge on any atom is 0.282 e. The van der Waals surface area contributed by atoms with Crippen molar-refractivity contribution in [1.82, 2.24) is 4.90 Å². The first-order valence-electron chi connectivity index (χ1n) is 4.41. The molecule has 1 saturated heterocycles. The van der Waals surface area contributed by atoms with E-state index in [0.29, 0.717) is 10.6 Å². The Balaban J connectivity index is 2.07. The van der Waals surface area contributed by atoms with Gasteiger partial charge in [0.05, 0.1) is 13.1 Å². The molecule has 0 saturated carbocycles. The zero-order valence-electron chi connectivity index (χ0n) is 7.71. The van der Waals surface area contributed by atoms with Crippen molar-refractivity contribution in [3.8, 4) is 0 Å². The first kappa shape index (κ1) is 10.4. The lowest BCUT2D eigenvalue weighted by Gasteiger charge is -2.38. The Bertz CT molecular complexity index is 383. The molecule has 1 aromatic carbocycles. The van der Waals surface area contributed by atoms with Crippen LogP contribution in [0.3, 0.4) is 0 Å². The van der Waals surface area contributed by atoms with E-state index in [1.807, 2.05) is 0 Å². The molecule has 1 aromatic rings. The lowest BCUT2D eigenvalue weighted by atomic mass is 10.1. The van der Waals surface area contributed by atoms with Gasteiger partial charge in [0, 0.05) is 10.6 Å². The van der Waals surface area contributed by atoms with E-state index in [9.17, 15) is 13.6 Å². The zero-order valence-corrected chi connectivity index (χ0v) is 8.47. The van der Waals surface area contributed by atoms with Crippen LogP contribution in [0.5, 0.6) is 0 Å². The van der Waals surface area contributed by atoms with E-state index in [-0.39, 0.29) is 5.91 Å². The quantitative estimate of drug-likeness (QED) is 0.727. The molecule has 0 radical (unpaired) electrons. The molecule has 1 heterocycles. The van der Waals surface area contributed by atoms with Gasteiger partial charge >= 0.3 is 0 Å². The summed E-state index contributed by atoms with van der Waals surface area (Å²) in [4.78, 5) is 12.7. The van der Waals surface area contributed by atoms with Gasteiger partial charge in [0.1, 0.15) is 0 Å². The highest BCUT2D eigenvalue weighted by Gasteiger charge is 2.46. The fourth-order valence-corrected chi connectivity index (χ4v) is 1.56. The summed E-state index contributed by atoms with van der Waals surface area (Å²) < 4.78 is 25.0. The minimum absolute atomic E-state index is 0.377. The van der Waals surface area contributed by atoms with Crippen LogP contribution in [0.4, 0.5) is 8.78 Å². The zero-order chi connectivity index (χ0) is 11.1. The molecule has 1 fully saturated rings. The molecule has 0 N–H and O–H groups in total. The highest BCUT2D eigenvalue weighted by Crippen LogP contribution is 2.28. The Labute approximate surface area is 90.4 Å². The minimum Gasteiger partial charge on any atom is -0.326 e. The number of hydrogen-bond acceptors (Lipinski definition) is 1. The van der Waals surface area contributed by atoms with Crippen molar-refractivity contribution in [2.24, 2.45) is 0 Å². The second-order valence-electron chi connectivity index (χ2n) is 3.52. The van der Waals surface area contributed by atoms with Crippen molar-refractivity contribution in [3.05, 3.63) is 34.9 Å². The molecule has 5 heteroatoms. The third kappa shape index (κ3) is 2.09. The molecule has 15 heavy (non-hydrogen) atoms. The average Bonchev–Trinajstić information content (AvgIpc) is 2.14. The average molecular weight is 232 g/mol. The number of nitrogens with zero attached hydrogens (tertiary/aromatic N) is 1. The van der Waals surface area contributed by atoms with Gasteiger partial charge in [-0.25, -0.2) is 8.78 Å². The van der Waals surface area contributed by atoms with Gasteiger partial charge in [-0.2, -0.15) is 0 Å². The van der Waals surface area contributed by atoms with Crippen LogP contribution in [0.25, 0.3) is 0 Å². The number of likely N-dealkylation sites (tertiary alicyclic amines) is 1. The standard InChI is InChI=1S/C10H8ClF2NO/c11-8-3-1-7(2-4-8)9(15)14-5-10(12,13)6-14/h1-4H,5-6H2. The molecule has 0 unspecified atom stereocenters. The van der Waals surface area contributed by atoms with Crippen LogP contribution < -0.4 is 0 Å². The third-order valence-corrected chi connectivity index (χ3v) is 2.47. The van der Waals surface area contributed by atoms with E-state index in [0.717, 1.165) is 4.90 Å². The number of alkyl halides is 2. The lowest BCUT2D eigenvalue weighted by Crippen LogP contribution is -2.58. The van der Waals surface area contributed by atoms with Crippen molar-refractivity contribution in [2.45, 2.75) is 5.92 Å². The Morgan fingerprint density at radius 1 is 1.27 bits per heavy atom. The van der Waals surface area contributed by atoms with Crippen LogP contribution in [-0.2, 0) is 0 Å². The summed E-state index contributed by atoms with van der Waals surface area (Å²) in [6.45, 7) is -0.983. The number of benzene rings is 1. The van der Waals surface area contributed by atoms with Gasteiger partial charge in [-0.15, -0.1) is 0 Å². The summed E-state index contributed by atoms with van der Waals surface area (Å²) in [7, 11) is 0. The van der Waals surface area contributed by atoms with Crippen molar-refractivity contribution < 1.29 is 13.6 Å². The Kier molecular flexibility index (Phi) is 2.38. The van der Waals surface area contributed by atoms with Crippen LogP contribution in [0.1, 0.15) is 10.4 Å². The Morgan fingerprint density at radius 3 is 2.27 bits per heavy atom.